The first-order valence-corrected chi connectivity index (χ1v) is 11.3. The standard InChI is InChI=1S/C26H27ClN4O3/c1-15-10-16(2)12-22(11-15)33-14-23-19(5)34-30-25(23)26(32)28-24-17(3)29-31(18(24)4)13-20-6-8-21(27)9-7-20/h6-12H,13-14H2,1-5H3,(H,28,32). The van der Waals surface area contributed by atoms with E-state index in [1.165, 1.54) is 0 Å². The van der Waals surface area contributed by atoms with Crippen molar-refractivity contribution in [1.82, 2.24) is 14.9 Å². The van der Waals surface area contributed by atoms with Crippen LogP contribution in [0.15, 0.2) is 47.0 Å². The van der Waals surface area contributed by atoms with Crippen LogP contribution in [0.5, 0.6) is 5.75 Å². The topological polar surface area (TPSA) is 82.2 Å². The normalized spacial score (nSPS) is 11.0. The highest BCUT2D eigenvalue weighted by Gasteiger charge is 2.23. The fourth-order valence-electron chi connectivity index (χ4n) is 3.88. The molecular weight excluding hydrogens is 452 g/mol. The van der Waals surface area contributed by atoms with Gasteiger partial charge < -0.3 is 14.6 Å². The van der Waals surface area contributed by atoms with Crippen LogP contribution < -0.4 is 10.1 Å². The molecule has 2 aromatic carbocycles. The Balaban J connectivity index is 1.51. The van der Waals surface area contributed by atoms with E-state index in [1.54, 1.807) is 6.92 Å². The highest BCUT2D eigenvalue weighted by atomic mass is 35.5. The lowest BCUT2D eigenvalue weighted by atomic mass is 10.1. The number of aromatic nitrogens is 3. The summed E-state index contributed by atoms with van der Waals surface area (Å²) in [5.41, 5.74) is 6.30. The van der Waals surface area contributed by atoms with Gasteiger partial charge in [-0.2, -0.15) is 5.10 Å². The minimum absolute atomic E-state index is 0.175. The fraction of sp³-hybridized carbons (Fsp3) is 0.269. The number of amides is 1. The molecule has 0 saturated carbocycles. The molecule has 0 unspecified atom stereocenters. The van der Waals surface area contributed by atoms with Crippen molar-refractivity contribution in [2.45, 2.75) is 47.8 Å². The number of benzene rings is 2. The lowest BCUT2D eigenvalue weighted by molar-refractivity contribution is 0.101. The van der Waals surface area contributed by atoms with Gasteiger partial charge in [0.2, 0.25) is 0 Å². The molecule has 8 heteroatoms. The van der Waals surface area contributed by atoms with Gasteiger partial charge in [-0.1, -0.05) is 35.0 Å². The van der Waals surface area contributed by atoms with Crippen molar-refractivity contribution >= 4 is 23.2 Å². The Labute approximate surface area is 203 Å². The molecule has 1 amide bonds. The van der Waals surface area contributed by atoms with E-state index in [2.05, 4.69) is 21.6 Å². The number of ether oxygens (including phenoxy) is 1. The largest absolute Gasteiger partial charge is 0.489 e. The molecule has 176 valence electrons. The molecule has 2 aromatic heterocycles. The average Bonchev–Trinajstić information content (AvgIpc) is 3.27. The van der Waals surface area contributed by atoms with E-state index in [0.717, 1.165) is 28.1 Å². The maximum atomic E-state index is 13.1. The van der Waals surface area contributed by atoms with E-state index < -0.39 is 0 Å². The molecule has 7 nitrogen and oxygen atoms in total. The van der Waals surface area contributed by atoms with Crippen LogP contribution in [-0.2, 0) is 13.2 Å². The molecule has 0 saturated heterocycles. The summed E-state index contributed by atoms with van der Waals surface area (Å²) in [6.07, 6.45) is 0. The number of halogens is 1. The number of anilines is 1. The fourth-order valence-corrected chi connectivity index (χ4v) is 4.00. The average molecular weight is 479 g/mol. The van der Waals surface area contributed by atoms with Gasteiger partial charge >= 0.3 is 0 Å². The van der Waals surface area contributed by atoms with Crippen molar-refractivity contribution < 1.29 is 14.1 Å². The number of hydrogen-bond acceptors (Lipinski definition) is 5. The molecule has 0 aliphatic heterocycles. The predicted molar refractivity (Wildman–Crippen MR) is 132 cm³/mol. The zero-order valence-electron chi connectivity index (χ0n) is 19.9. The Morgan fingerprint density at radius 1 is 1.06 bits per heavy atom. The zero-order chi connectivity index (χ0) is 24.4. The SMILES string of the molecule is Cc1cc(C)cc(OCc2c(C(=O)Nc3c(C)nn(Cc4ccc(Cl)cc4)c3C)noc2C)c1. The van der Waals surface area contributed by atoms with Crippen LogP contribution >= 0.6 is 11.6 Å². The third-order valence-corrected chi connectivity index (χ3v) is 5.90. The molecule has 0 atom stereocenters. The third-order valence-electron chi connectivity index (χ3n) is 5.64. The minimum atomic E-state index is -0.367. The molecule has 1 N–H and O–H groups in total. The van der Waals surface area contributed by atoms with Crippen molar-refractivity contribution in [3.05, 3.63) is 92.6 Å². The van der Waals surface area contributed by atoms with Crippen LogP contribution in [0.25, 0.3) is 0 Å². The van der Waals surface area contributed by atoms with E-state index >= 15 is 0 Å². The molecule has 0 fully saturated rings. The Morgan fingerprint density at radius 2 is 1.74 bits per heavy atom. The first-order valence-electron chi connectivity index (χ1n) is 11.0. The highest BCUT2D eigenvalue weighted by Crippen LogP contribution is 2.24. The first-order chi connectivity index (χ1) is 16.2. The lowest BCUT2D eigenvalue weighted by Gasteiger charge is -2.09. The van der Waals surface area contributed by atoms with E-state index in [9.17, 15) is 4.79 Å². The van der Waals surface area contributed by atoms with Crippen molar-refractivity contribution in [1.29, 1.82) is 0 Å². The maximum Gasteiger partial charge on any atom is 0.278 e. The van der Waals surface area contributed by atoms with Crippen LogP contribution in [0.4, 0.5) is 5.69 Å². The second kappa shape index (κ2) is 9.73. The molecule has 0 spiro atoms. The van der Waals surface area contributed by atoms with Crippen molar-refractivity contribution in [3.63, 3.8) is 0 Å². The smallest absolute Gasteiger partial charge is 0.278 e. The third kappa shape index (κ3) is 5.15. The summed E-state index contributed by atoms with van der Waals surface area (Å²) in [7, 11) is 0. The molecule has 0 bridgehead atoms. The number of aryl methyl sites for hydroxylation is 4. The summed E-state index contributed by atoms with van der Waals surface area (Å²) in [5, 5.41) is 12.2. The molecule has 34 heavy (non-hydrogen) atoms. The molecule has 2 heterocycles. The van der Waals surface area contributed by atoms with Gasteiger partial charge in [0.15, 0.2) is 5.69 Å². The number of carbonyl (C=O) groups excluding carboxylic acids is 1. The van der Waals surface area contributed by atoms with Gasteiger partial charge in [-0.25, -0.2) is 0 Å². The Bertz CT molecular complexity index is 1320. The number of nitrogens with one attached hydrogen (secondary N) is 1. The molecule has 4 aromatic rings. The van der Waals surface area contributed by atoms with Crippen LogP contribution in [-0.4, -0.2) is 20.8 Å². The summed E-state index contributed by atoms with van der Waals surface area (Å²) < 4.78 is 13.1. The van der Waals surface area contributed by atoms with E-state index in [-0.39, 0.29) is 18.2 Å². The lowest BCUT2D eigenvalue weighted by Crippen LogP contribution is -2.16. The van der Waals surface area contributed by atoms with Gasteiger partial charge in [0.1, 0.15) is 18.1 Å². The van der Waals surface area contributed by atoms with Crippen molar-refractivity contribution in [3.8, 4) is 5.75 Å². The number of rotatable bonds is 7. The van der Waals surface area contributed by atoms with Gasteiger partial charge in [0.05, 0.1) is 29.2 Å². The number of nitrogens with zero attached hydrogens (tertiary/aromatic N) is 3. The zero-order valence-corrected chi connectivity index (χ0v) is 20.7. The van der Waals surface area contributed by atoms with E-state index in [1.807, 2.05) is 68.8 Å². The van der Waals surface area contributed by atoms with Gasteiger partial charge in [0, 0.05) is 5.02 Å². The van der Waals surface area contributed by atoms with E-state index in [0.29, 0.717) is 34.3 Å². The van der Waals surface area contributed by atoms with Gasteiger partial charge in [-0.05, 0) is 75.6 Å². The first kappa shape index (κ1) is 23.6. The van der Waals surface area contributed by atoms with Crippen LogP contribution in [0.2, 0.25) is 5.02 Å². The van der Waals surface area contributed by atoms with Crippen molar-refractivity contribution in [2.24, 2.45) is 0 Å². The quantitative estimate of drug-likeness (QED) is 0.355. The Kier molecular flexibility index (Phi) is 6.75. The summed E-state index contributed by atoms with van der Waals surface area (Å²) in [6.45, 7) is 10.3. The second-order valence-electron chi connectivity index (χ2n) is 8.46. The summed E-state index contributed by atoms with van der Waals surface area (Å²) in [6, 6.07) is 13.6. The second-order valence-corrected chi connectivity index (χ2v) is 8.90. The molecule has 0 aliphatic rings. The van der Waals surface area contributed by atoms with Gasteiger partial charge in [-0.15, -0.1) is 0 Å². The maximum absolute atomic E-state index is 13.1. The Hall–Kier alpha value is -3.58. The summed E-state index contributed by atoms with van der Waals surface area (Å²) in [5.74, 6) is 0.911. The summed E-state index contributed by atoms with van der Waals surface area (Å²) >= 11 is 5.98. The number of hydrogen-bond donors (Lipinski definition) is 1. The Morgan fingerprint density at radius 3 is 2.41 bits per heavy atom. The monoisotopic (exact) mass is 478 g/mol. The van der Waals surface area contributed by atoms with Gasteiger partial charge in [0.25, 0.3) is 5.91 Å². The molecule has 0 radical (unpaired) electrons. The highest BCUT2D eigenvalue weighted by molar-refractivity contribution is 6.30. The summed E-state index contributed by atoms with van der Waals surface area (Å²) in [4.78, 5) is 13.1. The van der Waals surface area contributed by atoms with Crippen molar-refractivity contribution in [2.75, 3.05) is 5.32 Å². The molecule has 0 aliphatic carbocycles. The van der Waals surface area contributed by atoms with Crippen LogP contribution in [0, 0.1) is 34.6 Å². The molecule has 4 rings (SSSR count). The van der Waals surface area contributed by atoms with Crippen LogP contribution in [0.1, 0.15) is 49.9 Å². The van der Waals surface area contributed by atoms with E-state index in [4.69, 9.17) is 20.9 Å². The molecular formula is C26H27ClN4O3. The van der Waals surface area contributed by atoms with Gasteiger partial charge in [-0.3, -0.25) is 9.48 Å². The number of carbonyl (C=O) groups is 1. The predicted octanol–water partition coefficient (Wildman–Crippen LogP) is 5.95. The minimum Gasteiger partial charge on any atom is -0.489 e. The van der Waals surface area contributed by atoms with Crippen LogP contribution in [0.3, 0.4) is 0 Å².